The first kappa shape index (κ1) is 18.6. The lowest BCUT2D eigenvalue weighted by molar-refractivity contribution is -0.111. The number of nitrogens with one attached hydrogen (secondary N) is 1. The van der Waals surface area contributed by atoms with Crippen molar-refractivity contribution in [1.82, 2.24) is 9.97 Å². The first-order chi connectivity index (χ1) is 13.1. The lowest BCUT2D eigenvalue weighted by Gasteiger charge is -2.10. The van der Waals surface area contributed by atoms with Crippen LogP contribution in [-0.4, -0.2) is 15.9 Å². The number of carbonyl (C=O) groups is 1. The van der Waals surface area contributed by atoms with Crippen molar-refractivity contribution in [3.05, 3.63) is 89.0 Å². The second-order valence-corrected chi connectivity index (χ2v) is 6.23. The summed E-state index contributed by atoms with van der Waals surface area (Å²) in [5.41, 5.74) is 3.28. The number of aryl methyl sites for hydroxylation is 1. The number of rotatable bonds is 6. The molecule has 27 heavy (non-hydrogen) atoms. The quantitative estimate of drug-likeness (QED) is 0.632. The first-order valence-electron chi connectivity index (χ1n) is 8.34. The Labute approximate surface area is 162 Å². The number of hydrogen-bond acceptors (Lipinski definition) is 4. The van der Waals surface area contributed by atoms with Crippen LogP contribution in [0, 0.1) is 6.92 Å². The van der Waals surface area contributed by atoms with Gasteiger partial charge in [0, 0.05) is 35.9 Å². The van der Waals surface area contributed by atoms with Gasteiger partial charge >= 0.3 is 0 Å². The SMILES string of the molecule is Cc1cccnc1/C=C/C(=O)Nc1ccc(OCc2cccnc2)c(Cl)c1. The van der Waals surface area contributed by atoms with Crippen molar-refractivity contribution >= 4 is 29.3 Å². The van der Waals surface area contributed by atoms with Crippen molar-refractivity contribution in [3.8, 4) is 5.75 Å². The van der Waals surface area contributed by atoms with E-state index in [1.54, 1.807) is 42.9 Å². The average molecular weight is 380 g/mol. The van der Waals surface area contributed by atoms with Crippen molar-refractivity contribution in [2.45, 2.75) is 13.5 Å². The van der Waals surface area contributed by atoms with Crippen LogP contribution in [0.2, 0.25) is 5.02 Å². The second kappa shape index (κ2) is 8.96. The zero-order valence-corrected chi connectivity index (χ0v) is 15.5. The molecule has 3 aromatic rings. The molecular weight excluding hydrogens is 362 g/mol. The summed E-state index contributed by atoms with van der Waals surface area (Å²) in [5.74, 6) is 0.276. The summed E-state index contributed by atoms with van der Waals surface area (Å²) in [6.07, 6.45) is 8.25. The maximum Gasteiger partial charge on any atom is 0.248 e. The molecule has 3 rings (SSSR count). The molecule has 1 amide bonds. The fraction of sp³-hybridized carbons (Fsp3) is 0.0952. The van der Waals surface area contributed by atoms with Gasteiger partial charge in [-0.1, -0.05) is 23.7 Å². The van der Waals surface area contributed by atoms with Gasteiger partial charge in [-0.25, -0.2) is 0 Å². The zero-order valence-electron chi connectivity index (χ0n) is 14.7. The summed E-state index contributed by atoms with van der Waals surface area (Å²) >= 11 is 6.25. The van der Waals surface area contributed by atoms with E-state index in [1.807, 2.05) is 31.2 Å². The summed E-state index contributed by atoms with van der Waals surface area (Å²) < 4.78 is 5.69. The normalized spacial score (nSPS) is 10.7. The minimum atomic E-state index is -0.264. The van der Waals surface area contributed by atoms with E-state index < -0.39 is 0 Å². The van der Waals surface area contributed by atoms with E-state index in [2.05, 4.69) is 15.3 Å². The predicted molar refractivity (Wildman–Crippen MR) is 107 cm³/mol. The van der Waals surface area contributed by atoms with Gasteiger partial charge in [0.2, 0.25) is 5.91 Å². The molecule has 1 N–H and O–H groups in total. The van der Waals surface area contributed by atoms with E-state index in [1.165, 1.54) is 6.08 Å². The highest BCUT2D eigenvalue weighted by Gasteiger charge is 2.06. The van der Waals surface area contributed by atoms with Gasteiger partial charge in [-0.05, 0) is 48.9 Å². The fourth-order valence-corrected chi connectivity index (χ4v) is 2.59. The van der Waals surface area contributed by atoms with E-state index in [0.29, 0.717) is 23.1 Å². The molecule has 0 aliphatic heterocycles. The van der Waals surface area contributed by atoms with Gasteiger partial charge in [0.15, 0.2) is 0 Å². The van der Waals surface area contributed by atoms with Gasteiger partial charge in [-0.3, -0.25) is 14.8 Å². The van der Waals surface area contributed by atoms with Crippen LogP contribution in [0.4, 0.5) is 5.69 Å². The van der Waals surface area contributed by atoms with Crippen molar-refractivity contribution < 1.29 is 9.53 Å². The minimum absolute atomic E-state index is 0.264. The van der Waals surface area contributed by atoms with E-state index in [0.717, 1.165) is 16.8 Å². The summed E-state index contributed by atoms with van der Waals surface area (Å²) in [4.78, 5) is 20.4. The number of ether oxygens (including phenoxy) is 1. The topological polar surface area (TPSA) is 64.1 Å². The Balaban J connectivity index is 1.60. The molecule has 2 heterocycles. The molecule has 0 atom stereocenters. The molecule has 1 aromatic carbocycles. The summed E-state index contributed by atoms with van der Waals surface area (Å²) in [7, 11) is 0. The molecular formula is C21H18ClN3O2. The Hall–Kier alpha value is -3.18. The summed E-state index contributed by atoms with van der Waals surface area (Å²) in [6.45, 7) is 2.31. The number of aromatic nitrogens is 2. The van der Waals surface area contributed by atoms with E-state index in [4.69, 9.17) is 16.3 Å². The number of amides is 1. The minimum Gasteiger partial charge on any atom is -0.487 e. The lowest BCUT2D eigenvalue weighted by Crippen LogP contribution is -2.08. The Bertz CT molecular complexity index is 959. The smallest absolute Gasteiger partial charge is 0.248 e. The molecule has 6 heteroatoms. The molecule has 0 unspecified atom stereocenters. The molecule has 0 fully saturated rings. The van der Waals surface area contributed by atoms with Crippen molar-refractivity contribution in [3.63, 3.8) is 0 Å². The predicted octanol–water partition coefficient (Wildman–Crippen LogP) is 4.67. The molecule has 136 valence electrons. The second-order valence-electron chi connectivity index (χ2n) is 5.82. The number of benzene rings is 1. The standard InChI is InChI=1S/C21H18ClN3O2/c1-15-4-2-11-24-19(15)7-9-21(26)25-17-6-8-20(18(22)12-17)27-14-16-5-3-10-23-13-16/h2-13H,14H2,1H3,(H,25,26)/b9-7+. The Morgan fingerprint density at radius 3 is 2.81 bits per heavy atom. The van der Waals surface area contributed by atoms with Gasteiger partial charge in [-0.2, -0.15) is 0 Å². The van der Waals surface area contributed by atoms with Crippen LogP contribution in [0.25, 0.3) is 6.08 Å². The molecule has 2 aromatic heterocycles. The van der Waals surface area contributed by atoms with Crippen LogP contribution in [0.5, 0.6) is 5.75 Å². The molecule has 0 spiro atoms. The molecule has 0 radical (unpaired) electrons. The lowest BCUT2D eigenvalue weighted by atomic mass is 10.2. The van der Waals surface area contributed by atoms with Gasteiger partial charge < -0.3 is 10.1 Å². The van der Waals surface area contributed by atoms with E-state index in [-0.39, 0.29) is 5.91 Å². The number of carbonyl (C=O) groups excluding carboxylic acids is 1. The Morgan fingerprint density at radius 2 is 2.07 bits per heavy atom. The third kappa shape index (κ3) is 5.39. The largest absolute Gasteiger partial charge is 0.487 e. The van der Waals surface area contributed by atoms with Gasteiger partial charge in [0.25, 0.3) is 0 Å². The highest BCUT2D eigenvalue weighted by Crippen LogP contribution is 2.28. The fourth-order valence-electron chi connectivity index (χ4n) is 2.35. The van der Waals surface area contributed by atoms with E-state index >= 15 is 0 Å². The van der Waals surface area contributed by atoms with Gasteiger partial charge in [0.1, 0.15) is 12.4 Å². The molecule has 0 bridgehead atoms. The van der Waals surface area contributed by atoms with Crippen molar-refractivity contribution in [2.75, 3.05) is 5.32 Å². The summed E-state index contributed by atoms with van der Waals surface area (Å²) in [5, 5.41) is 3.19. The number of nitrogens with zero attached hydrogens (tertiary/aromatic N) is 2. The van der Waals surface area contributed by atoms with Crippen LogP contribution in [0.15, 0.2) is 67.1 Å². The average Bonchev–Trinajstić information content (AvgIpc) is 2.67. The number of pyridine rings is 2. The van der Waals surface area contributed by atoms with Crippen LogP contribution >= 0.6 is 11.6 Å². The van der Waals surface area contributed by atoms with Crippen LogP contribution < -0.4 is 10.1 Å². The Kier molecular flexibility index (Phi) is 6.18. The third-order valence-corrected chi connectivity index (χ3v) is 4.05. The number of hydrogen-bond donors (Lipinski definition) is 1. The van der Waals surface area contributed by atoms with Crippen LogP contribution in [0.3, 0.4) is 0 Å². The van der Waals surface area contributed by atoms with Crippen LogP contribution in [0.1, 0.15) is 16.8 Å². The number of anilines is 1. The maximum atomic E-state index is 12.1. The van der Waals surface area contributed by atoms with Crippen LogP contribution in [-0.2, 0) is 11.4 Å². The van der Waals surface area contributed by atoms with Crippen molar-refractivity contribution in [1.29, 1.82) is 0 Å². The maximum absolute atomic E-state index is 12.1. The van der Waals surface area contributed by atoms with E-state index in [9.17, 15) is 4.79 Å². The number of halogens is 1. The molecule has 0 aliphatic rings. The summed E-state index contributed by atoms with van der Waals surface area (Å²) in [6, 6.07) is 12.7. The monoisotopic (exact) mass is 379 g/mol. The van der Waals surface area contributed by atoms with Gasteiger partial charge in [0.05, 0.1) is 10.7 Å². The zero-order chi connectivity index (χ0) is 19.1. The highest BCUT2D eigenvalue weighted by molar-refractivity contribution is 6.32. The molecule has 0 aliphatic carbocycles. The third-order valence-electron chi connectivity index (χ3n) is 3.76. The Morgan fingerprint density at radius 1 is 1.22 bits per heavy atom. The van der Waals surface area contributed by atoms with Gasteiger partial charge in [-0.15, -0.1) is 0 Å². The molecule has 5 nitrogen and oxygen atoms in total. The molecule has 0 saturated carbocycles. The van der Waals surface area contributed by atoms with Crippen molar-refractivity contribution in [2.24, 2.45) is 0 Å². The highest BCUT2D eigenvalue weighted by atomic mass is 35.5. The molecule has 0 saturated heterocycles. The first-order valence-corrected chi connectivity index (χ1v) is 8.71.